The lowest BCUT2D eigenvalue weighted by Gasteiger charge is -2.36. The fourth-order valence-corrected chi connectivity index (χ4v) is 3.70. The maximum atomic E-state index is 13.9. The maximum Gasteiger partial charge on any atom is 0.254 e. The first-order chi connectivity index (χ1) is 12.0. The number of ether oxygens (including phenoxy) is 2. The first-order valence-corrected chi connectivity index (χ1v) is 7.82. The summed E-state index contributed by atoms with van der Waals surface area (Å²) in [5.74, 6) is -1.35. The largest absolute Gasteiger partial charge is 0.493 e. The molecule has 5 nitrogen and oxygen atoms in total. The lowest BCUT2D eigenvalue weighted by Crippen LogP contribution is -2.52. The molecule has 2 N–H and O–H groups in total. The van der Waals surface area contributed by atoms with E-state index in [0.717, 1.165) is 17.7 Å². The zero-order valence-electron chi connectivity index (χ0n) is 13.7. The molecule has 7 heteroatoms. The number of hydrogen-bond donors (Lipinski definition) is 2. The summed E-state index contributed by atoms with van der Waals surface area (Å²) >= 11 is 0. The van der Waals surface area contributed by atoms with Crippen molar-refractivity contribution in [2.45, 2.75) is 12.0 Å². The summed E-state index contributed by atoms with van der Waals surface area (Å²) in [6.07, 6.45) is 0.670. The predicted octanol–water partition coefficient (Wildman–Crippen LogP) is 2.32. The molecule has 25 heavy (non-hydrogen) atoms. The Morgan fingerprint density at radius 3 is 2.40 bits per heavy atom. The van der Waals surface area contributed by atoms with E-state index in [4.69, 9.17) is 9.47 Å². The summed E-state index contributed by atoms with van der Waals surface area (Å²) in [7, 11) is 3.04. The van der Waals surface area contributed by atoms with Gasteiger partial charge in [0.1, 0.15) is 0 Å². The van der Waals surface area contributed by atoms with E-state index >= 15 is 0 Å². The predicted molar refractivity (Wildman–Crippen MR) is 87.0 cm³/mol. The van der Waals surface area contributed by atoms with E-state index in [0.29, 0.717) is 35.6 Å². The molecule has 0 bridgehead atoms. The minimum Gasteiger partial charge on any atom is -0.493 e. The minimum atomic E-state index is -1.28. The van der Waals surface area contributed by atoms with Crippen LogP contribution in [0.3, 0.4) is 0 Å². The number of carbonyl (C=O) groups is 1. The molecule has 0 aliphatic carbocycles. The van der Waals surface area contributed by atoms with Crippen LogP contribution in [-0.4, -0.2) is 26.7 Å². The molecule has 2 aromatic carbocycles. The molecular weight excluding hydrogens is 330 g/mol. The number of amides is 1. The van der Waals surface area contributed by atoms with E-state index in [1.54, 1.807) is 6.07 Å². The van der Waals surface area contributed by atoms with Crippen molar-refractivity contribution in [3.05, 3.63) is 52.6 Å². The number of hydrogen-bond acceptors (Lipinski definition) is 4. The summed E-state index contributed by atoms with van der Waals surface area (Å²) in [4.78, 5) is 12.9. The zero-order valence-corrected chi connectivity index (χ0v) is 13.7. The molecule has 2 aromatic rings. The second-order valence-corrected chi connectivity index (χ2v) is 6.06. The zero-order chi connectivity index (χ0) is 17.8. The number of rotatable bonds is 2. The van der Waals surface area contributed by atoms with Gasteiger partial charge in [0.2, 0.25) is 0 Å². The Balaban J connectivity index is 2.00. The van der Waals surface area contributed by atoms with Gasteiger partial charge in [-0.15, -0.1) is 0 Å². The van der Waals surface area contributed by atoms with E-state index in [-0.39, 0.29) is 11.6 Å². The van der Waals surface area contributed by atoms with E-state index in [9.17, 15) is 13.6 Å². The number of nitrogens with one attached hydrogen (secondary N) is 2. The molecule has 0 aromatic heterocycles. The van der Waals surface area contributed by atoms with Gasteiger partial charge in [0.15, 0.2) is 28.7 Å². The van der Waals surface area contributed by atoms with Crippen LogP contribution in [0.4, 0.5) is 14.5 Å². The molecule has 0 fully saturated rings. The summed E-state index contributed by atoms with van der Waals surface area (Å²) in [5.41, 5.74) is 0.892. The average Bonchev–Trinajstić information content (AvgIpc) is 2.86. The number of anilines is 1. The third-order valence-electron chi connectivity index (χ3n) is 4.85. The van der Waals surface area contributed by atoms with Crippen molar-refractivity contribution in [2.24, 2.45) is 0 Å². The molecule has 0 radical (unpaired) electrons. The number of halogens is 2. The Bertz CT molecular complexity index is 900. The Hall–Kier alpha value is -2.67. The van der Waals surface area contributed by atoms with Crippen LogP contribution < -0.4 is 20.1 Å². The van der Waals surface area contributed by atoms with Gasteiger partial charge in [0.25, 0.3) is 5.91 Å². The monoisotopic (exact) mass is 346 g/mol. The topological polar surface area (TPSA) is 59.6 Å². The van der Waals surface area contributed by atoms with E-state index in [1.807, 2.05) is 6.07 Å². The maximum absolute atomic E-state index is 13.9. The molecule has 2 heterocycles. The number of fused-ring (bicyclic) bond motifs is 4. The van der Waals surface area contributed by atoms with Gasteiger partial charge in [-0.3, -0.25) is 10.1 Å². The van der Waals surface area contributed by atoms with Gasteiger partial charge in [0.05, 0.1) is 14.2 Å². The summed E-state index contributed by atoms with van der Waals surface area (Å²) in [6.45, 7) is 0.508. The highest BCUT2D eigenvalue weighted by Gasteiger charge is 2.51. The van der Waals surface area contributed by atoms with Crippen LogP contribution in [0, 0.1) is 11.6 Å². The van der Waals surface area contributed by atoms with Gasteiger partial charge in [-0.1, -0.05) is 0 Å². The average molecular weight is 346 g/mol. The lowest BCUT2D eigenvalue weighted by atomic mass is 9.78. The van der Waals surface area contributed by atoms with E-state index in [2.05, 4.69) is 10.6 Å². The molecule has 2 aliphatic rings. The normalized spacial score (nSPS) is 20.9. The van der Waals surface area contributed by atoms with E-state index < -0.39 is 17.2 Å². The van der Waals surface area contributed by atoms with Crippen LogP contribution in [0.5, 0.6) is 11.5 Å². The quantitative estimate of drug-likeness (QED) is 0.876. The van der Waals surface area contributed by atoms with Crippen molar-refractivity contribution >= 4 is 11.6 Å². The van der Waals surface area contributed by atoms with Crippen molar-refractivity contribution in [3.63, 3.8) is 0 Å². The molecule has 130 valence electrons. The van der Waals surface area contributed by atoms with Crippen molar-refractivity contribution in [1.29, 1.82) is 0 Å². The second-order valence-electron chi connectivity index (χ2n) is 6.06. The van der Waals surface area contributed by atoms with Crippen molar-refractivity contribution < 1.29 is 23.0 Å². The van der Waals surface area contributed by atoms with Gasteiger partial charge in [0, 0.05) is 23.9 Å². The number of benzene rings is 2. The van der Waals surface area contributed by atoms with Crippen LogP contribution in [-0.2, 0) is 16.8 Å². The van der Waals surface area contributed by atoms with Crippen LogP contribution >= 0.6 is 0 Å². The van der Waals surface area contributed by atoms with Gasteiger partial charge < -0.3 is 14.8 Å². The molecular formula is C18H16F2N2O3. The van der Waals surface area contributed by atoms with Gasteiger partial charge in [-0.2, -0.15) is 0 Å². The molecule has 0 saturated carbocycles. The van der Waals surface area contributed by atoms with Gasteiger partial charge in [-0.25, -0.2) is 8.78 Å². The van der Waals surface area contributed by atoms with Crippen LogP contribution in [0.15, 0.2) is 24.3 Å². The Kier molecular flexibility index (Phi) is 3.43. The van der Waals surface area contributed by atoms with Crippen LogP contribution in [0.25, 0.3) is 0 Å². The standard InChI is InChI=1S/C18H16F2N2O3/c1-24-15-5-9-3-4-21-18(10(9)7-16(15)25-2)11-6-12(19)13(20)8-14(11)22-17(18)23/h5-8,21H,3-4H2,1-2H3,(H,22,23). The molecule has 1 atom stereocenters. The van der Waals surface area contributed by atoms with Crippen molar-refractivity contribution in [3.8, 4) is 11.5 Å². The van der Waals surface area contributed by atoms with Crippen LogP contribution in [0.2, 0.25) is 0 Å². The minimum absolute atomic E-state index is 0.263. The van der Waals surface area contributed by atoms with Crippen LogP contribution in [0.1, 0.15) is 16.7 Å². The molecule has 1 amide bonds. The fourth-order valence-electron chi connectivity index (χ4n) is 3.70. The first-order valence-electron chi connectivity index (χ1n) is 7.82. The third-order valence-corrected chi connectivity index (χ3v) is 4.85. The Morgan fingerprint density at radius 1 is 1.00 bits per heavy atom. The molecule has 1 spiro atoms. The second kappa shape index (κ2) is 5.42. The molecule has 0 saturated heterocycles. The van der Waals surface area contributed by atoms with Gasteiger partial charge in [-0.05, 0) is 35.7 Å². The highest BCUT2D eigenvalue weighted by atomic mass is 19.2. The fraction of sp³-hybridized carbons (Fsp3) is 0.278. The van der Waals surface area contributed by atoms with E-state index in [1.165, 1.54) is 14.2 Å². The SMILES string of the molecule is COc1cc2c(cc1OC)C1(NCC2)C(=O)Nc2cc(F)c(F)cc21. The van der Waals surface area contributed by atoms with Crippen molar-refractivity contribution in [2.75, 3.05) is 26.1 Å². The van der Waals surface area contributed by atoms with Crippen molar-refractivity contribution in [1.82, 2.24) is 5.32 Å². The number of carbonyl (C=O) groups excluding carboxylic acids is 1. The lowest BCUT2D eigenvalue weighted by molar-refractivity contribution is -0.120. The highest BCUT2D eigenvalue weighted by molar-refractivity contribution is 6.08. The number of methoxy groups -OCH3 is 2. The highest BCUT2D eigenvalue weighted by Crippen LogP contribution is 2.47. The summed E-state index contributed by atoms with van der Waals surface area (Å²) in [5, 5.41) is 5.85. The molecule has 1 unspecified atom stereocenters. The summed E-state index contributed by atoms with van der Waals surface area (Å²) in [6, 6.07) is 5.62. The molecule has 2 aliphatic heterocycles. The third kappa shape index (κ3) is 2.05. The Morgan fingerprint density at radius 2 is 1.68 bits per heavy atom. The van der Waals surface area contributed by atoms with Gasteiger partial charge >= 0.3 is 0 Å². The Labute approximate surface area is 142 Å². The first kappa shape index (κ1) is 15.8. The smallest absolute Gasteiger partial charge is 0.254 e. The summed E-state index contributed by atoms with van der Waals surface area (Å²) < 4.78 is 38.2. The molecule has 4 rings (SSSR count).